The highest BCUT2D eigenvalue weighted by Crippen LogP contribution is 2.40. The summed E-state index contributed by atoms with van der Waals surface area (Å²) in [6.45, 7) is 7.41. The van der Waals surface area contributed by atoms with Gasteiger partial charge < -0.3 is 19.5 Å². The minimum absolute atomic E-state index is 0.298. The maximum atomic E-state index is 12.7. The van der Waals surface area contributed by atoms with Crippen LogP contribution >= 0.6 is 11.3 Å². The molecular weight excluding hydrogens is 438 g/mol. The zero-order chi connectivity index (χ0) is 23.8. The molecule has 1 amide bonds. The van der Waals surface area contributed by atoms with Crippen LogP contribution in [-0.2, 0) is 22.4 Å². The third kappa shape index (κ3) is 6.38. The molecule has 1 unspecified atom stereocenters. The predicted molar refractivity (Wildman–Crippen MR) is 133 cm³/mol. The summed E-state index contributed by atoms with van der Waals surface area (Å²) in [6, 6.07) is 5.61. The number of hydrogen-bond acceptors (Lipinski definition) is 6. The summed E-state index contributed by atoms with van der Waals surface area (Å²) in [5.41, 5.74) is 2.34. The van der Waals surface area contributed by atoms with Crippen molar-refractivity contribution in [1.82, 2.24) is 0 Å². The summed E-state index contributed by atoms with van der Waals surface area (Å²) in [5.74, 6) is 1.23. The molecule has 0 fully saturated rings. The molecule has 1 atom stereocenters. The minimum atomic E-state index is -0.402. The molecule has 1 aliphatic carbocycles. The van der Waals surface area contributed by atoms with Gasteiger partial charge in [-0.15, -0.1) is 11.3 Å². The van der Waals surface area contributed by atoms with Crippen LogP contribution in [-0.4, -0.2) is 32.2 Å². The highest BCUT2D eigenvalue weighted by atomic mass is 32.1. The topological polar surface area (TPSA) is 73.9 Å². The Hall–Kier alpha value is -2.80. The lowest BCUT2D eigenvalue weighted by Gasteiger charge is -2.18. The Morgan fingerprint density at radius 1 is 1.21 bits per heavy atom. The van der Waals surface area contributed by atoms with Gasteiger partial charge in [0.05, 0.1) is 25.9 Å². The Bertz CT molecular complexity index is 1010. The molecule has 0 spiro atoms. The number of esters is 1. The monoisotopic (exact) mass is 471 g/mol. The fraction of sp³-hybridized carbons (Fsp3) is 0.462. The van der Waals surface area contributed by atoms with Crippen molar-refractivity contribution in [1.29, 1.82) is 0 Å². The van der Waals surface area contributed by atoms with E-state index in [9.17, 15) is 9.59 Å². The molecule has 0 saturated heterocycles. The van der Waals surface area contributed by atoms with Crippen LogP contribution < -0.4 is 14.8 Å². The maximum Gasteiger partial charge on any atom is 0.341 e. The number of carbonyl (C=O) groups is 2. The van der Waals surface area contributed by atoms with Gasteiger partial charge >= 0.3 is 5.97 Å². The van der Waals surface area contributed by atoms with Gasteiger partial charge in [0.1, 0.15) is 5.00 Å². The number of thiophene rings is 1. The first-order valence-electron chi connectivity index (χ1n) is 11.6. The molecule has 1 aliphatic rings. The van der Waals surface area contributed by atoms with Crippen LogP contribution in [0.3, 0.4) is 0 Å². The first kappa shape index (κ1) is 24.8. The molecule has 33 heavy (non-hydrogen) atoms. The van der Waals surface area contributed by atoms with Crippen molar-refractivity contribution >= 4 is 34.3 Å². The number of amides is 1. The summed E-state index contributed by atoms with van der Waals surface area (Å²) in [6.07, 6.45) is 8.00. The molecule has 1 N–H and O–H groups in total. The Morgan fingerprint density at radius 2 is 2.03 bits per heavy atom. The number of nitrogens with one attached hydrogen (secondary N) is 1. The molecule has 0 saturated carbocycles. The lowest BCUT2D eigenvalue weighted by atomic mass is 9.88. The molecule has 1 heterocycles. The molecule has 1 aromatic carbocycles. The Kier molecular flexibility index (Phi) is 8.95. The van der Waals surface area contributed by atoms with Crippen molar-refractivity contribution in [3.8, 4) is 11.5 Å². The van der Waals surface area contributed by atoms with Gasteiger partial charge in [0, 0.05) is 11.0 Å². The summed E-state index contributed by atoms with van der Waals surface area (Å²) in [7, 11) is 1.37. The smallest absolute Gasteiger partial charge is 0.341 e. The van der Waals surface area contributed by atoms with Crippen LogP contribution in [0.5, 0.6) is 11.5 Å². The van der Waals surface area contributed by atoms with Gasteiger partial charge in [0.2, 0.25) is 5.91 Å². The van der Waals surface area contributed by atoms with E-state index in [2.05, 4.69) is 19.2 Å². The molecule has 3 rings (SSSR count). The zero-order valence-electron chi connectivity index (χ0n) is 19.9. The molecule has 0 bridgehead atoms. The number of rotatable bonds is 10. The zero-order valence-corrected chi connectivity index (χ0v) is 20.7. The normalized spacial score (nSPS) is 15.2. The molecule has 6 nitrogen and oxygen atoms in total. The van der Waals surface area contributed by atoms with Crippen LogP contribution in [0.1, 0.15) is 66.4 Å². The second kappa shape index (κ2) is 11.9. The van der Waals surface area contributed by atoms with Gasteiger partial charge in [-0.2, -0.15) is 0 Å². The quantitative estimate of drug-likeness (QED) is 0.266. The Labute approximate surface area is 199 Å². The number of ether oxygens (including phenoxy) is 3. The van der Waals surface area contributed by atoms with E-state index in [0.717, 1.165) is 48.1 Å². The van der Waals surface area contributed by atoms with Gasteiger partial charge in [0.25, 0.3) is 0 Å². The van der Waals surface area contributed by atoms with E-state index in [1.165, 1.54) is 24.5 Å². The number of unbranched alkanes of at least 4 members (excludes halogenated alkanes) is 1. The summed E-state index contributed by atoms with van der Waals surface area (Å²) >= 11 is 1.48. The van der Waals surface area contributed by atoms with E-state index in [1.54, 1.807) is 6.08 Å². The van der Waals surface area contributed by atoms with Crippen LogP contribution in [0.2, 0.25) is 0 Å². The Balaban J connectivity index is 1.75. The highest BCUT2D eigenvalue weighted by molar-refractivity contribution is 7.17. The Morgan fingerprint density at radius 3 is 2.76 bits per heavy atom. The van der Waals surface area contributed by atoms with Crippen molar-refractivity contribution in [3.05, 3.63) is 45.8 Å². The first-order valence-corrected chi connectivity index (χ1v) is 12.4. The van der Waals surface area contributed by atoms with Crippen molar-refractivity contribution in [2.24, 2.45) is 5.92 Å². The highest BCUT2D eigenvalue weighted by Gasteiger charge is 2.28. The number of carbonyl (C=O) groups excluding carboxylic acids is 2. The standard InChI is InChI=1S/C26H33NO5S/c1-5-7-14-32-20-12-9-18(16-21(20)31-6-2)10-13-23(28)27-25-24(26(29)30-4)19-11-8-17(3)15-22(19)33-25/h9-10,12-13,16-17H,5-8,11,14-15H2,1-4H3,(H,27,28)/b13-10+. The third-order valence-electron chi connectivity index (χ3n) is 5.59. The largest absolute Gasteiger partial charge is 0.490 e. The van der Waals surface area contributed by atoms with Crippen LogP contribution in [0.4, 0.5) is 5.00 Å². The van der Waals surface area contributed by atoms with Crippen LogP contribution in [0.15, 0.2) is 24.3 Å². The maximum absolute atomic E-state index is 12.7. The number of hydrogen-bond donors (Lipinski definition) is 1. The average Bonchev–Trinajstić information content (AvgIpc) is 3.15. The van der Waals surface area contributed by atoms with Crippen molar-refractivity contribution in [2.75, 3.05) is 25.6 Å². The number of methoxy groups -OCH3 is 1. The molecule has 1 aromatic heterocycles. The number of fused-ring (bicyclic) bond motifs is 1. The van der Waals surface area contributed by atoms with Gasteiger partial charge in [-0.1, -0.05) is 26.3 Å². The molecule has 2 aromatic rings. The fourth-order valence-corrected chi connectivity index (χ4v) is 5.23. The number of anilines is 1. The van der Waals surface area contributed by atoms with E-state index in [4.69, 9.17) is 14.2 Å². The van der Waals surface area contributed by atoms with Crippen molar-refractivity contribution in [3.63, 3.8) is 0 Å². The second-order valence-corrected chi connectivity index (χ2v) is 9.32. The van der Waals surface area contributed by atoms with Crippen LogP contribution in [0.25, 0.3) is 6.08 Å². The van der Waals surface area contributed by atoms with E-state index < -0.39 is 5.97 Å². The summed E-state index contributed by atoms with van der Waals surface area (Å²) < 4.78 is 16.5. The van der Waals surface area contributed by atoms with E-state index in [-0.39, 0.29) is 5.91 Å². The lowest BCUT2D eigenvalue weighted by molar-refractivity contribution is -0.111. The molecule has 0 aliphatic heterocycles. The molecule has 178 valence electrons. The minimum Gasteiger partial charge on any atom is -0.490 e. The first-order chi connectivity index (χ1) is 16.0. The predicted octanol–water partition coefficient (Wildman–Crippen LogP) is 5.89. The average molecular weight is 472 g/mol. The molecular formula is C26H33NO5S. The molecule has 0 radical (unpaired) electrons. The fourth-order valence-electron chi connectivity index (χ4n) is 3.82. The lowest BCUT2D eigenvalue weighted by Crippen LogP contribution is -2.14. The van der Waals surface area contributed by atoms with E-state index >= 15 is 0 Å². The second-order valence-electron chi connectivity index (χ2n) is 8.21. The van der Waals surface area contributed by atoms with Crippen molar-refractivity contribution in [2.45, 2.75) is 52.9 Å². The van der Waals surface area contributed by atoms with E-state index in [1.807, 2.05) is 25.1 Å². The third-order valence-corrected chi connectivity index (χ3v) is 6.76. The number of benzene rings is 1. The molecule has 7 heteroatoms. The van der Waals surface area contributed by atoms with Gasteiger partial charge in [0.15, 0.2) is 11.5 Å². The van der Waals surface area contributed by atoms with E-state index in [0.29, 0.717) is 41.2 Å². The summed E-state index contributed by atoms with van der Waals surface area (Å²) in [5, 5.41) is 3.45. The van der Waals surface area contributed by atoms with Crippen molar-refractivity contribution < 1.29 is 23.8 Å². The summed E-state index contributed by atoms with van der Waals surface area (Å²) in [4.78, 5) is 26.3. The van der Waals surface area contributed by atoms with Gasteiger partial charge in [-0.25, -0.2) is 4.79 Å². The van der Waals surface area contributed by atoms with Crippen LogP contribution in [0, 0.1) is 5.92 Å². The van der Waals surface area contributed by atoms with Gasteiger partial charge in [-0.3, -0.25) is 4.79 Å². The van der Waals surface area contributed by atoms with Gasteiger partial charge in [-0.05, 0) is 67.9 Å². The SMILES string of the molecule is CCCCOc1ccc(/C=C/C(=O)Nc2sc3c(c2C(=O)OC)CCC(C)C3)cc1OCC.